The van der Waals surface area contributed by atoms with Crippen molar-refractivity contribution in [3.63, 3.8) is 0 Å². The highest BCUT2D eigenvalue weighted by Gasteiger charge is 2.49. The summed E-state index contributed by atoms with van der Waals surface area (Å²) >= 11 is 0. The van der Waals surface area contributed by atoms with Crippen LogP contribution in [0.3, 0.4) is 0 Å². The van der Waals surface area contributed by atoms with E-state index in [-0.39, 0.29) is 12.0 Å². The number of carbonyl (C=O) groups is 1. The maximum atomic E-state index is 11.2. The lowest BCUT2D eigenvalue weighted by molar-refractivity contribution is -0.142. The Morgan fingerprint density at radius 1 is 1.50 bits per heavy atom. The van der Waals surface area contributed by atoms with Crippen LogP contribution in [0.5, 0.6) is 0 Å². The second kappa shape index (κ2) is 4.23. The number of fused-ring (bicyclic) bond motifs is 2. The number of aryl methyl sites for hydroxylation is 1. The van der Waals surface area contributed by atoms with Crippen LogP contribution in [0, 0.1) is 5.92 Å². The Morgan fingerprint density at radius 3 is 3.00 bits per heavy atom. The largest absolute Gasteiger partial charge is 0.481 e. The van der Waals surface area contributed by atoms with Crippen LogP contribution >= 0.6 is 0 Å². The molecule has 3 heterocycles. The van der Waals surface area contributed by atoms with Gasteiger partial charge in [-0.2, -0.15) is 0 Å². The first-order valence-electron chi connectivity index (χ1n) is 6.52. The fourth-order valence-electron chi connectivity index (χ4n) is 3.33. The van der Waals surface area contributed by atoms with Crippen LogP contribution in [0.4, 0.5) is 5.82 Å². The number of anilines is 1. The molecule has 2 saturated heterocycles. The monoisotopic (exact) mass is 247 g/mol. The molecule has 0 aliphatic carbocycles. The molecule has 0 amide bonds. The third-order valence-electron chi connectivity index (χ3n) is 4.19. The van der Waals surface area contributed by atoms with Gasteiger partial charge in [0.2, 0.25) is 0 Å². The molecule has 5 heteroatoms. The molecule has 2 aliphatic rings. The lowest BCUT2D eigenvalue weighted by Crippen LogP contribution is -2.33. The smallest absolute Gasteiger partial charge is 0.308 e. The molecule has 0 radical (unpaired) electrons. The molecule has 18 heavy (non-hydrogen) atoms. The quantitative estimate of drug-likeness (QED) is 0.876. The number of nitrogens with zero attached hydrogens (tertiary/aromatic N) is 3. The average Bonchev–Trinajstić information content (AvgIpc) is 2.96. The summed E-state index contributed by atoms with van der Waals surface area (Å²) in [5.41, 5.74) is 1.01. The second-order valence-corrected chi connectivity index (χ2v) is 5.11. The van der Waals surface area contributed by atoms with Crippen molar-refractivity contribution < 1.29 is 9.90 Å². The van der Waals surface area contributed by atoms with Crippen molar-refractivity contribution in [1.82, 2.24) is 9.97 Å². The molecular weight excluding hydrogens is 230 g/mol. The number of carboxylic acid groups (broad SMARTS) is 1. The molecule has 0 aromatic carbocycles. The summed E-state index contributed by atoms with van der Waals surface area (Å²) in [6, 6.07) is 2.46. The molecule has 1 N–H and O–H groups in total. The van der Waals surface area contributed by atoms with Gasteiger partial charge in [-0.3, -0.25) is 4.79 Å². The zero-order chi connectivity index (χ0) is 12.7. The van der Waals surface area contributed by atoms with E-state index < -0.39 is 5.97 Å². The van der Waals surface area contributed by atoms with E-state index in [1.165, 1.54) is 0 Å². The van der Waals surface area contributed by atoms with Gasteiger partial charge in [-0.05, 0) is 25.7 Å². The van der Waals surface area contributed by atoms with Gasteiger partial charge < -0.3 is 10.0 Å². The molecule has 3 unspecified atom stereocenters. The lowest BCUT2D eigenvalue weighted by Gasteiger charge is -2.24. The van der Waals surface area contributed by atoms with Gasteiger partial charge in [0.15, 0.2) is 0 Å². The normalized spacial score (nSPS) is 29.8. The van der Waals surface area contributed by atoms with E-state index in [9.17, 15) is 9.90 Å². The molecule has 96 valence electrons. The van der Waals surface area contributed by atoms with Crippen molar-refractivity contribution in [2.45, 2.75) is 44.7 Å². The van der Waals surface area contributed by atoms with Crippen molar-refractivity contribution in [3.05, 3.63) is 18.1 Å². The fraction of sp³-hybridized carbons (Fsp3) is 0.615. The summed E-state index contributed by atoms with van der Waals surface area (Å²) in [4.78, 5) is 22.0. The summed E-state index contributed by atoms with van der Waals surface area (Å²) in [5, 5.41) is 9.24. The summed E-state index contributed by atoms with van der Waals surface area (Å²) in [6.07, 6.45) is 5.27. The highest BCUT2D eigenvalue weighted by molar-refractivity contribution is 5.73. The lowest BCUT2D eigenvalue weighted by atomic mass is 9.89. The number of aromatic nitrogens is 2. The fourth-order valence-corrected chi connectivity index (χ4v) is 3.33. The predicted octanol–water partition coefficient (Wildman–Crippen LogP) is 1.48. The van der Waals surface area contributed by atoms with Crippen molar-refractivity contribution in [2.24, 2.45) is 5.92 Å². The first-order valence-corrected chi connectivity index (χ1v) is 6.52. The van der Waals surface area contributed by atoms with Gasteiger partial charge in [-0.15, -0.1) is 0 Å². The zero-order valence-electron chi connectivity index (χ0n) is 10.4. The number of aliphatic carboxylic acids is 1. The Kier molecular flexibility index (Phi) is 2.69. The third kappa shape index (κ3) is 1.65. The first-order chi connectivity index (χ1) is 8.70. The highest BCUT2D eigenvalue weighted by atomic mass is 16.4. The van der Waals surface area contributed by atoms with Crippen LogP contribution in [-0.2, 0) is 11.2 Å². The van der Waals surface area contributed by atoms with Crippen LogP contribution in [0.25, 0.3) is 0 Å². The second-order valence-electron chi connectivity index (χ2n) is 5.11. The van der Waals surface area contributed by atoms with Crippen LogP contribution in [-0.4, -0.2) is 33.1 Å². The minimum absolute atomic E-state index is 0.118. The Labute approximate surface area is 106 Å². The molecule has 0 saturated carbocycles. The summed E-state index contributed by atoms with van der Waals surface area (Å²) < 4.78 is 0. The van der Waals surface area contributed by atoms with E-state index >= 15 is 0 Å². The Morgan fingerprint density at radius 2 is 2.33 bits per heavy atom. The Balaban J connectivity index is 1.91. The number of carboxylic acids is 1. The minimum Gasteiger partial charge on any atom is -0.481 e. The van der Waals surface area contributed by atoms with Gasteiger partial charge in [0.05, 0.1) is 5.92 Å². The van der Waals surface area contributed by atoms with Gasteiger partial charge in [-0.25, -0.2) is 9.97 Å². The molecule has 3 rings (SSSR count). The summed E-state index contributed by atoms with van der Waals surface area (Å²) in [7, 11) is 0. The zero-order valence-corrected chi connectivity index (χ0v) is 10.4. The number of hydrogen-bond donors (Lipinski definition) is 1. The molecule has 1 aromatic rings. The van der Waals surface area contributed by atoms with E-state index in [2.05, 4.69) is 21.8 Å². The van der Waals surface area contributed by atoms with Crippen molar-refractivity contribution in [3.8, 4) is 0 Å². The molecule has 5 nitrogen and oxygen atoms in total. The molecular formula is C13H17N3O2. The number of hydrogen-bond acceptors (Lipinski definition) is 4. The van der Waals surface area contributed by atoms with Crippen LogP contribution < -0.4 is 4.90 Å². The number of rotatable bonds is 3. The van der Waals surface area contributed by atoms with Crippen LogP contribution in [0.1, 0.15) is 31.9 Å². The maximum Gasteiger partial charge on any atom is 0.308 e. The summed E-state index contributed by atoms with van der Waals surface area (Å²) in [6.45, 7) is 2.06. The van der Waals surface area contributed by atoms with Crippen molar-refractivity contribution in [2.75, 3.05) is 4.90 Å². The molecule has 2 bridgehead atoms. The van der Waals surface area contributed by atoms with E-state index in [1.807, 2.05) is 6.07 Å². The topological polar surface area (TPSA) is 66.3 Å². The van der Waals surface area contributed by atoms with E-state index in [1.54, 1.807) is 6.33 Å². The first kappa shape index (κ1) is 11.4. The van der Waals surface area contributed by atoms with E-state index in [0.717, 1.165) is 37.2 Å². The van der Waals surface area contributed by atoms with Crippen LogP contribution in [0.15, 0.2) is 12.4 Å². The summed E-state index contributed by atoms with van der Waals surface area (Å²) in [5.74, 6) is -0.00105. The predicted molar refractivity (Wildman–Crippen MR) is 66.4 cm³/mol. The average molecular weight is 247 g/mol. The van der Waals surface area contributed by atoms with Crippen molar-refractivity contribution >= 4 is 11.8 Å². The van der Waals surface area contributed by atoms with Crippen molar-refractivity contribution in [1.29, 1.82) is 0 Å². The molecule has 3 atom stereocenters. The van der Waals surface area contributed by atoms with Gasteiger partial charge >= 0.3 is 5.97 Å². The van der Waals surface area contributed by atoms with Gasteiger partial charge in [0.25, 0.3) is 0 Å². The van der Waals surface area contributed by atoms with Gasteiger partial charge in [0, 0.05) is 23.8 Å². The Hall–Kier alpha value is -1.65. The van der Waals surface area contributed by atoms with Gasteiger partial charge in [0.1, 0.15) is 12.1 Å². The highest BCUT2D eigenvalue weighted by Crippen LogP contribution is 2.43. The standard InChI is InChI=1S/C13H17N3O2/c1-2-8-5-12(15-7-14-8)16-9-3-4-11(16)10(6-9)13(17)18/h5,7,9-11H,2-4,6H2,1H3,(H,17,18). The minimum atomic E-state index is -0.669. The van der Waals surface area contributed by atoms with Gasteiger partial charge in [-0.1, -0.05) is 6.92 Å². The van der Waals surface area contributed by atoms with Crippen LogP contribution in [0.2, 0.25) is 0 Å². The molecule has 2 aliphatic heterocycles. The molecule has 1 aromatic heterocycles. The molecule has 0 spiro atoms. The Bertz CT molecular complexity index is 477. The maximum absolute atomic E-state index is 11.2. The van der Waals surface area contributed by atoms with E-state index in [4.69, 9.17) is 0 Å². The third-order valence-corrected chi connectivity index (χ3v) is 4.19. The molecule has 2 fully saturated rings. The SMILES string of the molecule is CCc1cc(N2C3CCC2C(C(=O)O)C3)ncn1. The van der Waals surface area contributed by atoms with E-state index in [0.29, 0.717) is 6.04 Å².